The van der Waals surface area contributed by atoms with Gasteiger partial charge in [0.1, 0.15) is 0 Å². The highest BCUT2D eigenvalue weighted by molar-refractivity contribution is 5.96. The molecule has 1 atom stereocenters. The number of primary amides is 1. The van der Waals surface area contributed by atoms with Gasteiger partial charge in [-0.25, -0.2) is 4.79 Å². The third-order valence-corrected chi connectivity index (χ3v) is 2.38. The lowest BCUT2D eigenvalue weighted by Gasteiger charge is -2.28. The topological polar surface area (TPSA) is 72.2 Å². The van der Waals surface area contributed by atoms with E-state index >= 15 is 0 Å². The van der Waals surface area contributed by atoms with Gasteiger partial charge >= 0.3 is 6.03 Å². The van der Waals surface area contributed by atoms with Crippen LogP contribution in [0.1, 0.15) is 26.2 Å². The van der Waals surface area contributed by atoms with E-state index < -0.39 is 11.4 Å². The molecule has 4 heteroatoms. The van der Waals surface area contributed by atoms with E-state index in [0.29, 0.717) is 6.42 Å². The minimum Gasteiger partial charge on any atom is -0.351 e. The maximum Gasteiger partial charge on any atom is 0.318 e. The number of nitrogens with two attached hydrogens (primary N) is 1. The first-order chi connectivity index (χ1) is 6.04. The highest BCUT2D eigenvalue weighted by atomic mass is 16.2. The maximum atomic E-state index is 11.5. The number of amides is 3. The van der Waals surface area contributed by atoms with Crippen LogP contribution in [0.2, 0.25) is 0 Å². The standard InChI is InChI=1S/C9H14N2O2/c1-9(5-3-2-4-6-9)7(12)11-8(10)13/h2-3H,4-6H2,1H3,(H3,10,11,12,13). The minimum atomic E-state index is -0.777. The van der Waals surface area contributed by atoms with Crippen molar-refractivity contribution >= 4 is 11.9 Å². The van der Waals surface area contributed by atoms with Crippen LogP contribution in [-0.4, -0.2) is 11.9 Å². The van der Waals surface area contributed by atoms with Crippen LogP contribution in [0.15, 0.2) is 12.2 Å². The van der Waals surface area contributed by atoms with Gasteiger partial charge in [0.15, 0.2) is 0 Å². The third-order valence-electron chi connectivity index (χ3n) is 2.38. The van der Waals surface area contributed by atoms with Crippen LogP contribution in [0, 0.1) is 5.41 Å². The van der Waals surface area contributed by atoms with Crippen LogP contribution >= 0.6 is 0 Å². The summed E-state index contributed by atoms with van der Waals surface area (Å²) in [6, 6.07) is -0.777. The highest BCUT2D eigenvalue weighted by Crippen LogP contribution is 2.31. The Morgan fingerprint density at radius 1 is 1.46 bits per heavy atom. The third kappa shape index (κ3) is 2.31. The summed E-state index contributed by atoms with van der Waals surface area (Å²) in [5.74, 6) is -0.274. The van der Waals surface area contributed by atoms with Gasteiger partial charge in [-0.05, 0) is 19.3 Å². The fraction of sp³-hybridized carbons (Fsp3) is 0.556. The molecule has 0 heterocycles. The summed E-state index contributed by atoms with van der Waals surface area (Å²) < 4.78 is 0. The van der Waals surface area contributed by atoms with Crippen molar-refractivity contribution in [2.24, 2.45) is 11.1 Å². The Morgan fingerprint density at radius 2 is 2.15 bits per heavy atom. The predicted molar refractivity (Wildman–Crippen MR) is 48.8 cm³/mol. The highest BCUT2D eigenvalue weighted by Gasteiger charge is 2.33. The van der Waals surface area contributed by atoms with Crippen LogP contribution in [0.4, 0.5) is 4.79 Å². The molecule has 0 aromatic rings. The first-order valence-electron chi connectivity index (χ1n) is 4.30. The molecule has 0 radical (unpaired) electrons. The molecule has 72 valence electrons. The van der Waals surface area contributed by atoms with Crippen molar-refractivity contribution in [3.8, 4) is 0 Å². The predicted octanol–water partition coefficient (Wildman–Crippen LogP) is 0.928. The zero-order valence-electron chi connectivity index (χ0n) is 7.67. The van der Waals surface area contributed by atoms with Crippen molar-refractivity contribution in [3.63, 3.8) is 0 Å². The summed E-state index contributed by atoms with van der Waals surface area (Å²) in [4.78, 5) is 22.0. The van der Waals surface area contributed by atoms with E-state index in [2.05, 4.69) is 5.32 Å². The fourth-order valence-corrected chi connectivity index (χ4v) is 1.43. The van der Waals surface area contributed by atoms with Crippen LogP contribution in [0.3, 0.4) is 0 Å². The van der Waals surface area contributed by atoms with Gasteiger partial charge in [-0.15, -0.1) is 0 Å². The van der Waals surface area contributed by atoms with Crippen molar-refractivity contribution in [1.82, 2.24) is 5.32 Å². The van der Waals surface area contributed by atoms with E-state index in [1.54, 1.807) is 0 Å². The molecule has 0 aromatic carbocycles. The van der Waals surface area contributed by atoms with Crippen LogP contribution in [-0.2, 0) is 4.79 Å². The quantitative estimate of drug-likeness (QED) is 0.592. The summed E-state index contributed by atoms with van der Waals surface area (Å²) in [7, 11) is 0. The van der Waals surface area contributed by atoms with Gasteiger partial charge < -0.3 is 5.73 Å². The van der Waals surface area contributed by atoms with E-state index in [0.717, 1.165) is 12.8 Å². The summed E-state index contributed by atoms with van der Waals surface area (Å²) in [5.41, 5.74) is 4.40. The molecule has 3 amide bonds. The molecule has 1 unspecified atom stereocenters. The van der Waals surface area contributed by atoms with E-state index in [-0.39, 0.29) is 5.91 Å². The average molecular weight is 182 g/mol. The van der Waals surface area contributed by atoms with Crippen molar-refractivity contribution in [3.05, 3.63) is 12.2 Å². The van der Waals surface area contributed by atoms with Gasteiger partial charge in [-0.3, -0.25) is 10.1 Å². The molecule has 1 aliphatic rings. The second-order valence-corrected chi connectivity index (χ2v) is 3.59. The smallest absolute Gasteiger partial charge is 0.318 e. The summed E-state index contributed by atoms with van der Waals surface area (Å²) >= 11 is 0. The lowest BCUT2D eigenvalue weighted by molar-refractivity contribution is -0.129. The first kappa shape index (κ1) is 9.77. The molecule has 3 N–H and O–H groups in total. The Morgan fingerprint density at radius 3 is 2.62 bits per heavy atom. The van der Waals surface area contributed by atoms with Gasteiger partial charge in [0.05, 0.1) is 5.41 Å². The second kappa shape index (κ2) is 3.60. The SMILES string of the molecule is CC1(C(=O)NC(N)=O)CC=CCC1. The minimum absolute atomic E-state index is 0.274. The Kier molecular flexibility index (Phi) is 2.70. The zero-order valence-corrected chi connectivity index (χ0v) is 7.67. The lowest BCUT2D eigenvalue weighted by Crippen LogP contribution is -2.44. The van der Waals surface area contributed by atoms with E-state index in [4.69, 9.17) is 5.73 Å². The Bertz CT molecular complexity index is 260. The van der Waals surface area contributed by atoms with Gasteiger partial charge in [-0.2, -0.15) is 0 Å². The lowest BCUT2D eigenvalue weighted by atomic mass is 9.78. The van der Waals surface area contributed by atoms with Gasteiger partial charge in [-0.1, -0.05) is 19.1 Å². The Balaban J connectivity index is 2.63. The molecule has 4 nitrogen and oxygen atoms in total. The number of urea groups is 1. The van der Waals surface area contributed by atoms with Gasteiger partial charge in [0, 0.05) is 0 Å². The Labute approximate surface area is 77.2 Å². The van der Waals surface area contributed by atoms with Gasteiger partial charge in [0.2, 0.25) is 5.91 Å². The molecule has 1 aliphatic carbocycles. The molecule has 0 saturated heterocycles. The molecule has 0 saturated carbocycles. The molecule has 1 rings (SSSR count). The molecule has 0 spiro atoms. The number of imide groups is 1. The molecule has 0 bridgehead atoms. The first-order valence-corrected chi connectivity index (χ1v) is 4.30. The summed E-state index contributed by atoms with van der Waals surface area (Å²) in [6.45, 7) is 1.84. The van der Waals surface area contributed by atoms with E-state index in [1.165, 1.54) is 0 Å². The van der Waals surface area contributed by atoms with Gasteiger partial charge in [0.25, 0.3) is 0 Å². The average Bonchev–Trinajstić information content (AvgIpc) is 2.04. The van der Waals surface area contributed by atoms with E-state index in [9.17, 15) is 9.59 Å². The van der Waals surface area contributed by atoms with Crippen molar-refractivity contribution in [1.29, 1.82) is 0 Å². The number of hydrogen-bond acceptors (Lipinski definition) is 2. The number of carbonyl (C=O) groups is 2. The largest absolute Gasteiger partial charge is 0.351 e. The van der Waals surface area contributed by atoms with Crippen LogP contribution in [0.25, 0.3) is 0 Å². The van der Waals surface area contributed by atoms with Crippen LogP contribution < -0.4 is 11.1 Å². The number of nitrogens with one attached hydrogen (secondary N) is 1. The van der Waals surface area contributed by atoms with Crippen molar-refractivity contribution in [2.45, 2.75) is 26.2 Å². The summed E-state index contributed by atoms with van der Waals surface area (Å²) in [6.07, 6.45) is 6.32. The van der Waals surface area contributed by atoms with Crippen molar-refractivity contribution in [2.75, 3.05) is 0 Å². The normalized spacial score (nSPS) is 26.8. The fourth-order valence-electron chi connectivity index (χ4n) is 1.43. The number of carbonyl (C=O) groups excluding carboxylic acids is 2. The maximum absolute atomic E-state index is 11.5. The van der Waals surface area contributed by atoms with Crippen LogP contribution in [0.5, 0.6) is 0 Å². The number of allylic oxidation sites excluding steroid dienone is 2. The Hall–Kier alpha value is -1.32. The zero-order chi connectivity index (χ0) is 9.90. The molecule has 0 aliphatic heterocycles. The molecule has 0 fully saturated rings. The van der Waals surface area contributed by atoms with Crippen molar-refractivity contribution < 1.29 is 9.59 Å². The molecule has 13 heavy (non-hydrogen) atoms. The number of rotatable bonds is 1. The number of hydrogen-bond donors (Lipinski definition) is 2. The molecular weight excluding hydrogens is 168 g/mol. The second-order valence-electron chi connectivity index (χ2n) is 3.59. The molecular formula is C9H14N2O2. The molecule has 0 aromatic heterocycles. The van der Waals surface area contributed by atoms with E-state index in [1.807, 2.05) is 19.1 Å². The summed E-state index contributed by atoms with van der Waals surface area (Å²) in [5, 5.41) is 2.12. The monoisotopic (exact) mass is 182 g/mol.